The van der Waals surface area contributed by atoms with Crippen molar-refractivity contribution < 1.29 is 0 Å². The molecular formula is C40H33N5. The lowest BCUT2D eigenvalue weighted by atomic mass is 10.1. The molecule has 0 fully saturated rings. The summed E-state index contributed by atoms with van der Waals surface area (Å²) in [4.78, 5) is 18.1. The number of para-hydroxylation sites is 4. The standard InChI is InChI=1S/C40H33N5/c1-41-39(31-23-27-37(28-24-31)44(33-15-7-3-8-16-33)34-17-9-4-10-18-34)43-40(42-2)32-25-29-38(30-26-32)45(35-19-11-5-12-20-35)36-21-13-6-14-22-36/h3-30H,1H2,2H3/b42-40-,43-39-. The molecule has 0 amide bonds. The van der Waals surface area contributed by atoms with E-state index < -0.39 is 0 Å². The highest BCUT2D eigenvalue weighted by atomic mass is 15.1. The van der Waals surface area contributed by atoms with E-state index in [0.717, 1.165) is 45.3 Å². The van der Waals surface area contributed by atoms with Crippen LogP contribution in [0, 0.1) is 0 Å². The molecule has 0 atom stereocenters. The van der Waals surface area contributed by atoms with Crippen LogP contribution < -0.4 is 9.80 Å². The number of anilines is 6. The van der Waals surface area contributed by atoms with E-state index in [2.05, 4.69) is 99.3 Å². The summed E-state index contributed by atoms with van der Waals surface area (Å²) in [6, 6.07) is 57.8. The molecule has 6 aromatic carbocycles. The Bertz CT molecular complexity index is 1800. The Balaban J connectivity index is 1.28. The number of amidine groups is 2. The zero-order valence-corrected chi connectivity index (χ0v) is 25.1. The van der Waals surface area contributed by atoms with Gasteiger partial charge in [0.15, 0.2) is 11.7 Å². The monoisotopic (exact) mass is 583 g/mol. The topological polar surface area (TPSA) is 43.6 Å². The molecule has 0 heterocycles. The maximum atomic E-state index is 4.85. The number of benzene rings is 6. The van der Waals surface area contributed by atoms with Crippen LogP contribution in [0.5, 0.6) is 0 Å². The predicted molar refractivity (Wildman–Crippen MR) is 191 cm³/mol. The molecule has 6 aromatic rings. The van der Waals surface area contributed by atoms with Crippen LogP contribution in [0.3, 0.4) is 0 Å². The first-order valence-corrected chi connectivity index (χ1v) is 14.8. The van der Waals surface area contributed by atoms with Gasteiger partial charge in [0, 0.05) is 52.3 Å². The van der Waals surface area contributed by atoms with Crippen LogP contribution >= 0.6 is 0 Å². The molecule has 0 radical (unpaired) electrons. The Hall–Kier alpha value is -6.07. The Kier molecular flexibility index (Phi) is 8.99. The molecule has 6 rings (SSSR count). The Morgan fingerprint density at radius 2 is 0.689 bits per heavy atom. The van der Waals surface area contributed by atoms with Gasteiger partial charge in [-0.15, -0.1) is 0 Å². The first-order valence-electron chi connectivity index (χ1n) is 14.8. The van der Waals surface area contributed by atoms with Gasteiger partial charge in [-0.1, -0.05) is 72.8 Å². The van der Waals surface area contributed by atoms with Crippen molar-refractivity contribution in [3.8, 4) is 0 Å². The van der Waals surface area contributed by atoms with Gasteiger partial charge >= 0.3 is 0 Å². The number of nitrogens with zero attached hydrogens (tertiary/aromatic N) is 5. The van der Waals surface area contributed by atoms with Crippen LogP contribution in [-0.2, 0) is 0 Å². The van der Waals surface area contributed by atoms with Crippen molar-refractivity contribution in [2.24, 2.45) is 15.0 Å². The molecule has 0 aliphatic heterocycles. The molecule has 5 heteroatoms. The summed E-state index contributed by atoms with van der Waals surface area (Å²) in [6.07, 6.45) is 0. The molecule has 0 aliphatic rings. The summed E-state index contributed by atoms with van der Waals surface area (Å²) < 4.78 is 0. The highest BCUT2D eigenvalue weighted by Crippen LogP contribution is 2.35. The molecule has 0 spiro atoms. The Morgan fingerprint density at radius 3 is 0.978 bits per heavy atom. The van der Waals surface area contributed by atoms with E-state index in [0.29, 0.717) is 11.7 Å². The van der Waals surface area contributed by atoms with Crippen LogP contribution in [-0.4, -0.2) is 25.4 Å². The van der Waals surface area contributed by atoms with Gasteiger partial charge in [0.2, 0.25) is 0 Å². The third kappa shape index (κ3) is 6.63. The summed E-state index contributed by atoms with van der Waals surface area (Å²) in [7, 11) is 1.74. The zero-order chi connectivity index (χ0) is 30.8. The van der Waals surface area contributed by atoms with Crippen LogP contribution in [0.4, 0.5) is 34.1 Å². The molecule has 0 saturated carbocycles. The average molecular weight is 584 g/mol. The summed E-state index contributed by atoms with van der Waals surface area (Å²) in [5.41, 5.74) is 8.13. The first kappa shape index (κ1) is 29.0. The summed E-state index contributed by atoms with van der Waals surface area (Å²) in [5, 5.41) is 0. The third-order valence-electron chi connectivity index (χ3n) is 7.40. The van der Waals surface area contributed by atoms with Crippen molar-refractivity contribution in [2.45, 2.75) is 0 Å². The number of hydrogen-bond acceptors (Lipinski definition) is 3. The van der Waals surface area contributed by atoms with E-state index in [1.54, 1.807) is 7.05 Å². The molecule has 0 saturated heterocycles. The number of rotatable bonds is 8. The highest BCUT2D eigenvalue weighted by Gasteiger charge is 2.15. The quantitative estimate of drug-likeness (QED) is 0.132. The molecule has 45 heavy (non-hydrogen) atoms. The Morgan fingerprint density at radius 1 is 0.400 bits per heavy atom. The van der Waals surface area contributed by atoms with Gasteiger partial charge in [0.1, 0.15) is 0 Å². The molecule has 5 nitrogen and oxygen atoms in total. The maximum Gasteiger partial charge on any atom is 0.161 e. The molecule has 0 aliphatic carbocycles. The fraction of sp³-hybridized carbons (Fsp3) is 0.0250. The van der Waals surface area contributed by atoms with E-state index >= 15 is 0 Å². The zero-order valence-electron chi connectivity index (χ0n) is 25.1. The minimum atomic E-state index is 0.507. The van der Waals surface area contributed by atoms with E-state index in [1.165, 1.54) is 0 Å². The highest BCUT2D eigenvalue weighted by molar-refractivity contribution is 6.12. The summed E-state index contributed by atoms with van der Waals surface area (Å²) >= 11 is 0. The van der Waals surface area contributed by atoms with Crippen LogP contribution in [0.1, 0.15) is 11.1 Å². The minimum absolute atomic E-state index is 0.507. The minimum Gasteiger partial charge on any atom is -0.311 e. The van der Waals surface area contributed by atoms with Crippen LogP contribution in [0.25, 0.3) is 0 Å². The SMILES string of the molecule is C=N/C(=N\C(=N/C)c1ccc(N(c2ccccc2)c2ccccc2)cc1)c1ccc(N(c2ccccc2)c2ccccc2)cc1. The number of hydrogen-bond donors (Lipinski definition) is 0. The van der Waals surface area contributed by atoms with Crippen molar-refractivity contribution in [3.63, 3.8) is 0 Å². The second-order valence-corrected chi connectivity index (χ2v) is 10.2. The van der Waals surface area contributed by atoms with Gasteiger partial charge < -0.3 is 9.80 Å². The van der Waals surface area contributed by atoms with Crippen molar-refractivity contribution in [1.82, 2.24) is 0 Å². The number of aliphatic imine (C=N–C) groups is 3. The predicted octanol–water partition coefficient (Wildman–Crippen LogP) is 10.1. The van der Waals surface area contributed by atoms with Gasteiger partial charge in [-0.3, -0.25) is 4.99 Å². The normalized spacial score (nSPS) is 11.6. The van der Waals surface area contributed by atoms with Crippen molar-refractivity contribution in [3.05, 3.63) is 181 Å². The fourth-order valence-corrected chi connectivity index (χ4v) is 5.26. The van der Waals surface area contributed by atoms with Crippen molar-refractivity contribution in [1.29, 1.82) is 0 Å². The van der Waals surface area contributed by atoms with Crippen LogP contribution in [0.2, 0.25) is 0 Å². The fourth-order valence-electron chi connectivity index (χ4n) is 5.26. The smallest absolute Gasteiger partial charge is 0.161 e. The van der Waals surface area contributed by atoms with E-state index in [4.69, 9.17) is 4.99 Å². The van der Waals surface area contributed by atoms with E-state index in [-0.39, 0.29) is 0 Å². The van der Waals surface area contributed by atoms with Gasteiger partial charge in [-0.2, -0.15) is 0 Å². The van der Waals surface area contributed by atoms with Crippen LogP contribution in [0.15, 0.2) is 185 Å². The lowest BCUT2D eigenvalue weighted by molar-refractivity contribution is 1.28. The van der Waals surface area contributed by atoms with E-state index in [9.17, 15) is 0 Å². The average Bonchev–Trinajstić information content (AvgIpc) is 3.12. The van der Waals surface area contributed by atoms with Gasteiger partial charge in [-0.25, -0.2) is 9.98 Å². The molecule has 218 valence electrons. The Labute approximate surface area is 264 Å². The van der Waals surface area contributed by atoms with Gasteiger partial charge in [-0.05, 0) is 104 Å². The molecule has 0 unspecified atom stereocenters. The second kappa shape index (κ2) is 13.9. The molecular weight excluding hydrogens is 550 g/mol. The lowest BCUT2D eigenvalue weighted by Gasteiger charge is -2.25. The van der Waals surface area contributed by atoms with Crippen molar-refractivity contribution in [2.75, 3.05) is 16.8 Å². The van der Waals surface area contributed by atoms with Crippen molar-refractivity contribution >= 4 is 52.5 Å². The van der Waals surface area contributed by atoms with Gasteiger partial charge in [0.25, 0.3) is 0 Å². The summed E-state index contributed by atoms with van der Waals surface area (Å²) in [5.74, 6) is 1.08. The van der Waals surface area contributed by atoms with E-state index in [1.807, 2.05) is 97.1 Å². The first-order chi connectivity index (χ1) is 22.2. The lowest BCUT2D eigenvalue weighted by Crippen LogP contribution is -2.11. The molecule has 0 aromatic heterocycles. The second-order valence-electron chi connectivity index (χ2n) is 10.2. The molecule has 0 bridgehead atoms. The van der Waals surface area contributed by atoms with Gasteiger partial charge in [0.05, 0.1) is 0 Å². The maximum absolute atomic E-state index is 4.85. The molecule has 0 N–H and O–H groups in total. The summed E-state index contributed by atoms with van der Waals surface area (Å²) in [6.45, 7) is 3.82. The largest absolute Gasteiger partial charge is 0.311 e. The third-order valence-corrected chi connectivity index (χ3v) is 7.40.